The standard InChI is InChI=1S/C31H34N6O6S3/c1-19-4-10-23(11-5-19)44(38,39)35-32-26-16-22-17-27(33-36-45(40,41)24-12-6-20(2)7-13-24)30-29(26)31(30)28(18-22)34-37-46(42,43)25-14-8-21(3)9-15-25/h4-15,22,29-31,35-37H,16-18H2,1-3H3/b32-26-,33-27-,34-28-. The van der Waals surface area contributed by atoms with Gasteiger partial charge >= 0.3 is 0 Å². The molecule has 0 unspecified atom stereocenters. The van der Waals surface area contributed by atoms with Gasteiger partial charge in [-0.25, -0.2) is 14.5 Å². The fourth-order valence-electron chi connectivity index (χ4n) is 6.09. The minimum absolute atomic E-state index is 0.0759. The smallest absolute Gasteiger partial charge is 0.200 e. The van der Waals surface area contributed by atoms with Gasteiger partial charge in [0.25, 0.3) is 30.1 Å². The van der Waals surface area contributed by atoms with Crippen LogP contribution in [0.2, 0.25) is 0 Å². The molecule has 0 aromatic heterocycles. The Balaban J connectivity index is 1.30. The van der Waals surface area contributed by atoms with E-state index in [2.05, 4.69) is 29.8 Å². The van der Waals surface area contributed by atoms with Crippen LogP contribution >= 0.6 is 0 Å². The highest BCUT2D eigenvalue weighted by atomic mass is 32.2. The van der Waals surface area contributed by atoms with Gasteiger partial charge in [-0.3, -0.25) is 0 Å². The van der Waals surface area contributed by atoms with Crippen molar-refractivity contribution in [1.82, 2.24) is 14.5 Å². The number of hydrazone groups is 3. The summed E-state index contributed by atoms with van der Waals surface area (Å²) in [5, 5.41) is 13.1. The Morgan fingerprint density at radius 2 is 0.696 bits per heavy atom. The second-order valence-electron chi connectivity index (χ2n) is 12.1. The summed E-state index contributed by atoms with van der Waals surface area (Å²) in [6, 6.07) is 19.2. The van der Waals surface area contributed by atoms with Crippen LogP contribution in [-0.4, -0.2) is 42.4 Å². The van der Waals surface area contributed by atoms with Crippen molar-refractivity contribution in [2.75, 3.05) is 0 Å². The SMILES string of the molecule is Cc1ccc(S(=O)(=O)N/N=C2/CC3C/C(=N/NS(=O)(=O)c4ccc(C)cc4)C4C2C4/C(=N\NS(=O)(=O)c2ccc(C)cc2)C3)cc1. The number of sulfonamides is 3. The molecular weight excluding hydrogens is 649 g/mol. The van der Waals surface area contributed by atoms with E-state index in [1.807, 2.05) is 20.8 Å². The van der Waals surface area contributed by atoms with Crippen LogP contribution in [0.3, 0.4) is 0 Å². The molecule has 3 aromatic rings. The van der Waals surface area contributed by atoms with E-state index in [0.29, 0.717) is 36.4 Å². The number of aryl methyl sites for hydroxylation is 3. The zero-order valence-electron chi connectivity index (χ0n) is 25.4. The predicted molar refractivity (Wildman–Crippen MR) is 175 cm³/mol. The maximum absolute atomic E-state index is 13.0. The molecule has 0 radical (unpaired) electrons. The summed E-state index contributed by atoms with van der Waals surface area (Å²) in [7, 11) is -11.8. The van der Waals surface area contributed by atoms with E-state index < -0.39 is 30.1 Å². The molecule has 242 valence electrons. The molecule has 0 saturated heterocycles. The molecule has 3 aromatic carbocycles. The van der Waals surface area contributed by atoms with E-state index >= 15 is 0 Å². The fraction of sp³-hybridized carbons (Fsp3) is 0.323. The second kappa shape index (κ2) is 11.9. The molecular formula is C31H34N6O6S3. The molecule has 0 amide bonds. The van der Waals surface area contributed by atoms with Gasteiger partial charge in [0.05, 0.1) is 14.7 Å². The summed E-state index contributed by atoms with van der Waals surface area (Å²) < 4.78 is 78.1. The lowest BCUT2D eigenvalue weighted by atomic mass is 9.96. The van der Waals surface area contributed by atoms with Crippen LogP contribution in [0, 0.1) is 44.4 Å². The Labute approximate surface area is 269 Å². The minimum atomic E-state index is -3.94. The summed E-state index contributed by atoms with van der Waals surface area (Å²) in [4.78, 5) is 7.34. The lowest BCUT2D eigenvalue weighted by Gasteiger charge is -2.13. The molecule has 7 rings (SSSR count). The monoisotopic (exact) mass is 682 g/mol. The molecule has 4 aliphatic carbocycles. The number of hydrogen-bond donors (Lipinski definition) is 3. The van der Waals surface area contributed by atoms with Crippen molar-refractivity contribution >= 4 is 47.2 Å². The third-order valence-corrected chi connectivity index (χ3v) is 12.3. The van der Waals surface area contributed by atoms with Crippen molar-refractivity contribution in [1.29, 1.82) is 0 Å². The Bertz CT molecular complexity index is 1830. The van der Waals surface area contributed by atoms with Crippen molar-refractivity contribution in [2.24, 2.45) is 39.0 Å². The first-order valence-corrected chi connectivity index (χ1v) is 19.1. The number of fused-ring (bicyclic) bond motifs is 3. The highest BCUT2D eigenvalue weighted by molar-refractivity contribution is 7.90. The third-order valence-electron chi connectivity index (χ3n) is 8.59. The maximum atomic E-state index is 13.0. The molecule has 4 fully saturated rings. The lowest BCUT2D eigenvalue weighted by Crippen LogP contribution is -2.21. The van der Waals surface area contributed by atoms with Gasteiger partial charge in [-0.15, -0.1) is 0 Å². The number of nitrogens with zero attached hydrogens (tertiary/aromatic N) is 3. The molecule has 4 saturated carbocycles. The first kappa shape index (κ1) is 31.9. The summed E-state index contributed by atoms with van der Waals surface area (Å²) in [5.74, 6) is -1.18. The molecule has 0 spiro atoms. The lowest BCUT2D eigenvalue weighted by molar-refractivity contribution is 0.579. The summed E-state index contributed by atoms with van der Waals surface area (Å²) in [6.45, 7) is 5.58. The summed E-state index contributed by atoms with van der Waals surface area (Å²) >= 11 is 0. The van der Waals surface area contributed by atoms with E-state index in [1.54, 1.807) is 36.4 Å². The Morgan fingerprint density at radius 3 is 0.935 bits per heavy atom. The van der Waals surface area contributed by atoms with Crippen molar-refractivity contribution in [3.8, 4) is 0 Å². The molecule has 3 N–H and O–H groups in total. The van der Waals surface area contributed by atoms with Gasteiger partial charge in [0.2, 0.25) is 0 Å². The van der Waals surface area contributed by atoms with Crippen LogP contribution in [0.4, 0.5) is 0 Å². The molecule has 15 heteroatoms. The highest BCUT2D eigenvalue weighted by Crippen LogP contribution is 2.57. The van der Waals surface area contributed by atoms with Crippen LogP contribution in [0.5, 0.6) is 0 Å². The number of benzene rings is 3. The molecule has 0 aliphatic heterocycles. The maximum Gasteiger partial charge on any atom is 0.276 e. The zero-order chi connectivity index (χ0) is 32.9. The van der Waals surface area contributed by atoms with Crippen LogP contribution < -0.4 is 14.5 Å². The van der Waals surface area contributed by atoms with Gasteiger partial charge in [0.1, 0.15) is 0 Å². The normalized spacial score (nSPS) is 25.2. The zero-order valence-corrected chi connectivity index (χ0v) is 27.8. The predicted octanol–water partition coefficient (Wildman–Crippen LogP) is 3.59. The first-order valence-electron chi connectivity index (χ1n) is 14.7. The second-order valence-corrected chi connectivity index (χ2v) is 17.1. The fourth-order valence-corrected chi connectivity index (χ4v) is 8.61. The van der Waals surface area contributed by atoms with E-state index in [4.69, 9.17) is 0 Å². The van der Waals surface area contributed by atoms with E-state index in [9.17, 15) is 25.3 Å². The first-order chi connectivity index (χ1) is 21.7. The number of rotatable bonds is 9. The largest absolute Gasteiger partial charge is 0.276 e. The van der Waals surface area contributed by atoms with Gasteiger partial charge in [0.15, 0.2) is 0 Å². The average Bonchev–Trinajstić information content (AvgIpc) is 3.80. The minimum Gasteiger partial charge on any atom is -0.200 e. The Hall–Kier alpha value is -4.08. The van der Waals surface area contributed by atoms with Crippen molar-refractivity contribution in [3.63, 3.8) is 0 Å². The summed E-state index contributed by atoms with van der Waals surface area (Å²) in [5.41, 5.74) is 4.53. The molecule has 0 atom stereocenters. The topological polar surface area (TPSA) is 176 Å². The summed E-state index contributed by atoms with van der Waals surface area (Å²) in [6.07, 6.45) is 1.21. The van der Waals surface area contributed by atoms with Crippen molar-refractivity contribution in [2.45, 2.75) is 54.7 Å². The van der Waals surface area contributed by atoms with Gasteiger partial charge in [0, 0.05) is 34.9 Å². The van der Waals surface area contributed by atoms with Crippen LogP contribution in [0.25, 0.3) is 0 Å². The van der Waals surface area contributed by atoms with Gasteiger partial charge in [-0.1, -0.05) is 53.1 Å². The van der Waals surface area contributed by atoms with Crippen molar-refractivity contribution in [3.05, 3.63) is 89.5 Å². The Kier molecular flexibility index (Phi) is 8.27. The third kappa shape index (κ3) is 6.57. The molecule has 0 heterocycles. The Morgan fingerprint density at radius 1 is 0.457 bits per heavy atom. The van der Waals surface area contributed by atoms with Gasteiger partial charge in [-0.05, 0) is 82.3 Å². The van der Waals surface area contributed by atoms with Crippen molar-refractivity contribution < 1.29 is 25.3 Å². The number of nitrogens with one attached hydrogen (secondary N) is 3. The van der Waals surface area contributed by atoms with Gasteiger partial charge in [-0.2, -0.15) is 40.6 Å². The van der Waals surface area contributed by atoms with E-state index in [1.165, 1.54) is 36.4 Å². The van der Waals surface area contributed by atoms with Gasteiger partial charge < -0.3 is 0 Å². The van der Waals surface area contributed by atoms with E-state index in [-0.39, 0.29) is 38.4 Å². The van der Waals surface area contributed by atoms with Crippen LogP contribution in [0.1, 0.15) is 36.0 Å². The average molecular weight is 683 g/mol. The van der Waals surface area contributed by atoms with E-state index in [0.717, 1.165) is 16.7 Å². The highest BCUT2D eigenvalue weighted by Gasteiger charge is 2.62. The quantitative estimate of drug-likeness (QED) is 0.291. The van der Waals surface area contributed by atoms with Crippen LogP contribution in [0.15, 0.2) is 103 Å². The molecule has 4 bridgehead atoms. The van der Waals surface area contributed by atoms with Crippen LogP contribution in [-0.2, 0) is 30.1 Å². The number of hydrogen-bond acceptors (Lipinski definition) is 9. The molecule has 46 heavy (non-hydrogen) atoms. The molecule has 4 aliphatic rings. The molecule has 12 nitrogen and oxygen atoms in total.